The fourth-order valence-corrected chi connectivity index (χ4v) is 3.04. The predicted molar refractivity (Wildman–Crippen MR) is 82.6 cm³/mol. The van der Waals surface area contributed by atoms with Crippen LogP contribution in [0.15, 0.2) is 18.2 Å². The molecule has 2 heteroatoms. The highest BCUT2D eigenvalue weighted by atomic mass is 15.2. The third-order valence-electron chi connectivity index (χ3n) is 4.22. The first-order valence-corrected chi connectivity index (χ1v) is 7.74. The summed E-state index contributed by atoms with van der Waals surface area (Å²) in [4.78, 5) is 2.67. The molecule has 0 aromatic heterocycles. The molecule has 1 aliphatic rings. The van der Waals surface area contributed by atoms with Crippen molar-refractivity contribution in [2.75, 3.05) is 26.2 Å². The molecule has 1 aromatic carbocycles. The van der Waals surface area contributed by atoms with Crippen LogP contribution < -0.4 is 5.32 Å². The van der Waals surface area contributed by atoms with Gasteiger partial charge in [-0.1, -0.05) is 43.5 Å². The van der Waals surface area contributed by atoms with Gasteiger partial charge >= 0.3 is 0 Å². The Morgan fingerprint density at radius 2 is 1.95 bits per heavy atom. The fourth-order valence-electron chi connectivity index (χ4n) is 3.04. The standard InChI is InChI=1S/C17H28N2/c1-4-5-6-17(19-11-9-18-10-12-19)16-13-14(2)7-8-15(16)3/h7-8,13,17-18H,4-6,9-12H2,1-3H3/t17-/m1/s1. The quantitative estimate of drug-likeness (QED) is 0.872. The third-order valence-corrected chi connectivity index (χ3v) is 4.22. The minimum atomic E-state index is 0.613. The number of piperazine rings is 1. The second kappa shape index (κ2) is 7.06. The van der Waals surface area contributed by atoms with Crippen molar-refractivity contribution in [1.29, 1.82) is 0 Å². The van der Waals surface area contributed by atoms with Crippen LogP contribution in [-0.4, -0.2) is 31.1 Å². The van der Waals surface area contributed by atoms with Crippen molar-refractivity contribution in [3.8, 4) is 0 Å². The van der Waals surface area contributed by atoms with E-state index in [1.165, 1.54) is 43.5 Å². The van der Waals surface area contributed by atoms with Crippen molar-refractivity contribution in [3.05, 3.63) is 34.9 Å². The lowest BCUT2D eigenvalue weighted by Gasteiger charge is -2.36. The summed E-state index contributed by atoms with van der Waals surface area (Å²) in [6.45, 7) is 11.4. The summed E-state index contributed by atoms with van der Waals surface area (Å²) in [6.07, 6.45) is 3.90. The van der Waals surface area contributed by atoms with E-state index in [1.54, 1.807) is 5.56 Å². The molecule has 0 radical (unpaired) electrons. The number of nitrogens with zero attached hydrogens (tertiary/aromatic N) is 1. The number of unbranched alkanes of at least 4 members (excludes halogenated alkanes) is 1. The van der Waals surface area contributed by atoms with Crippen LogP contribution in [0.5, 0.6) is 0 Å². The van der Waals surface area contributed by atoms with Crippen molar-refractivity contribution in [2.24, 2.45) is 0 Å². The SMILES string of the molecule is CCCC[C@H](c1cc(C)ccc1C)N1CCNCC1. The zero-order valence-electron chi connectivity index (χ0n) is 12.7. The molecular weight excluding hydrogens is 232 g/mol. The number of aryl methyl sites for hydroxylation is 2. The minimum absolute atomic E-state index is 0.613. The topological polar surface area (TPSA) is 15.3 Å². The Bertz CT molecular complexity index is 394. The lowest BCUT2D eigenvalue weighted by atomic mass is 9.93. The molecule has 1 atom stereocenters. The summed E-state index contributed by atoms with van der Waals surface area (Å²) in [5.74, 6) is 0. The van der Waals surface area contributed by atoms with Gasteiger partial charge in [-0.3, -0.25) is 4.90 Å². The van der Waals surface area contributed by atoms with Gasteiger partial charge < -0.3 is 5.32 Å². The van der Waals surface area contributed by atoms with E-state index in [1.807, 2.05) is 0 Å². The van der Waals surface area contributed by atoms with Crippen molar-refractivity contribution < 1.29 is 0 Å². The van der Waals surface area contributed by atoms with Gasteiger partial charge in [0.05, 0.1) is 0 Å². The Morgan fingerprint density at radius 1 is 1.21 bits per heavy atom. The molecule has 0 aliphatic carbocycles. The van der Waals surface area contributed by atoms with Crippen LogP contribution in [0, 0.1) is 13.8 Å². The van der Waals surface area contributed by atoms with Crippen LogP contribution in [-0.2, 0) is 0 Å². The first kappa shape index (κ1) is 14.5. The molecule has 0 saturated carbocycles. The van der Waals surface area contributed by atoms with Gasteiger partial charge in [0.15, 0.2) is 0 Å². The van der Waals surface area contributed by atoms with Gasteiger partial charge in [-0.25, -0.2) is 0 Å². The molecule has 0 spiro atoms. The van der Waals surface area contributed by atoms with E-state index >= 15 is 0 Å². The summed E-state index contributed by atoms with van der Waals surface area (Å²) in [5.41, 5.74) is 4.39. The Kier molecular flexibility index (Phi) is 5.41. The molecule has 2 rings (SSSR count). The van der Waals surface area contributed by atoms with Crippen LogP contribution in [0.25, 0.3) is 0 Å². The van der Waals surface area contributed by atoms with E-state index in [0.29, 0.717) is 6.04 Å². The number of hydrogen-bond acceptors (Lipinski definition) is 2. The second-order valence-electron chi connectivity index (χ2n) is 5.80. The van der Waals surface area contributed by atoms with Crippen LogP contribution >= 0.6 is 0 Å². The van der Waals surface area contributed by atoms with Gasteiger partial charge in [-0.05, 0) is 31.4 Å². The maximum Gasteiger partial charge on any atom is 0.0351 e. The molecule has 1 heterocycles. The zero-order chi connectivity index (χ0) is 13.7. The maximum absolute atomic E-state index is 3.46. The number of rotatable bonds is 5. The molecule has 1 fully saturated rings. The largest absolute Gasteiger partial charge is 0.314 e. The van der Waals surface area contributed by atoms with Crippen LogP contribution in [0.3, 0.4) is 0 Å². The van der Waals surface area contributed by atoms with E-state index in [2.05, 4.69) is 49.2 Å². The first-order chi connectivity index (χ1) is 9.22. The van der Waals surface area contributed by atoms with Gasteiger partial charge in [-0.2, -0.15) is 0 Å². The third kappa shape index (κ3) is 3.80. The summed E-state index contributed by atoms with van der Waals surface area (Å²) < 4.78 is 0. The summed E-state index contributed by atoms with van der Waals surface area (Å²) in [6, 6.07) is 7.53. The zero-order valence-corrected chi connectivity index (χ0v) is 12.7. The monoisotopic (exact) mass is 260 g/mol. The smallest absolute Gasteiger partial charge is 0.0351 e. The number of hydrogen-bond donors (Lipinski definition) is 1. The average molecular weight is 260 g/mol. The van der Waals surface area contributed by atoms with Gasteiger partial charge in [-0.15, -0.1) is 0 Å². The van der Waals surface area contributed by atoms with E-state index < -0.39 is 0 Å². The minimum Gasteiger partial charge on any atom is -0.314 e. The Balaban J connectivity index is 2.22. The summed E-state index contributed by atoms with van der Waals surface area (Å²) in [5, 5.41) is 3.46. The van der Waals surface area contributed by atoms with Gasteiger partial charge in [0.2, 0.25) is 0 Å². The Hall–Kier alpha value is -0.860. The van der Waals surface area contributed by atoms with Crippen LogP contribution in [0.2, 0.25) is 0 Å². The Labute approximate surface area is 118 Å². The molecule has 1 N–H and O–H groups in total. The van der Waals surface area contributed by atoms with Crippen molar-refractivity contribution in [3.63, 3.8) is 0 Å². The fraction of sp³-hybridized carbons (Fsp3) is 0.647. The van der Waals surface area contributed by atoms with E-state index in [-0.39, 0.29) is 0 Å². The highest BCUT2D eigenvalue weighted by Gasteiger charge is 2.22. The van der Waals surface area contributed by atoms with Gasteiger partial charge in [0, 0.05) is 32.2 Å². The predicted octanol–water partition coefficient (Wildman–Crippen LogP) is 3.44. The second-order valence-corrected chi connectivity index (χ2v) is 5.80. The van der Waals surface area contributed by atoms with Gasteiger partial charge in [0.1, 0.15) is 0 Å². The lowest BCUT2D eigenvalue weighted by Crippen LogP contribution is -2.45. The van der Waals surface area contributed by atoms with E-state index in [4.69, 9.17) is 0 Å². The molecular formula is C17H28N2. The maximum atomic E-state index is 3.46. The van der Waals surface area contributed by atoms with Crippen LogP contribution in [0.4, 0.5) is 0 Å². The molecule has 1 saturated heterocycles. The molecule has 1 aliphatic heterocycles. The molecule has 19 heavy (non-hydrogen) atoms. The number of nitrogens with one attached hydrogen (secondary N) is 1. The van der Waals surface area contributed by atoms with E-state index in [9.17, 15) is 0 Å². The van der Waals surface area contributed by atoms with Crippen molar-refractivity contribution in [2.45, 2.75) is 46.1 Å². The first-order valence-electron chi connectivity index (χ1n) is 7.74. The van der Waals surface area contributed by atoms with Crippen molar-refractivity contribution in [1.82, 2.24) is 10.2 Å². The van der Waals surface area contributed by atoms with E-state index in [0.717, 1.165) is 13.1 Å². The Morgan fingerprint density at radius 3 is 2.63 bits per heavy atom. The number of benzene rings is 1. The average Bonchev–Trinajstić information content (AvgIpc) is 2.44. The molecule has 0 unspecified atom stereocenters. The molecule has 0 bridgehead atoms. The normalized spacial score (nSPS) is 18.5. The van der Waals surface area contributed by atoms with Crippen LogP contribution in [0.1, 0.15) is 48.9 Å². The van der Waals surface area contributed by atoms with Gasteiger partial charge in [0.25, 0.3) is 0 Å². The molecule has 0 amide bonds. The lowest BCUT2D eigenvalue weighted by molar-refractivity contribution is 0.162. The summed E-state index contributed by atoms with van der Waals surface area (Å²) in [7, 11) is 0. The molecule has 2 nitrogen and oxygen atoms in total. The molecule has 106 valence electrons. The highest BCUT2D eigenvalue weighted by Crippen LogP contribution is 2.29. The van der Waals surface area contributed by atoms with Crippen molar-refractivity contribution >= 4 is 0 Å². The highest BCUT2D eigenvalue weighted by molar-refractivity contribution is 5.33. The molecule has 1 aromatic rings. The summed E-state index contributed by atoms with van der Waals surface area (Å²) >= 11 is 0.